The molecule has 0 aliphatic carbocycles. The van der Waals surface area contributed by atoms with Crippen molar-refractivity contribution in [1.82, 2.24) is 0 Å². The number of rotatable bonds is 4. The fourth-order valence-corrected chi connectivity index (χ4v) is 1.32. The highest BCUT2D eigenvalue weighted by Gasteiger charge is 2.42. The molecule has 0 bridgehead atoms. The van der Waals surface area contributed by atoms with Crippen LogP contribution in [0.1, 0.15) is 30.1 Å². The summed E-state index contributed by atoms with van der Waals surface area (Å²) in [6.45, 7) is 1.61. The molecule has 5 heteroatoms. The van der Waals surface area contributed by atoms with Crippen LogP contribution in [0, 0.1) is 0 Å². The molecule has 0 aromatic heterocycles. The number of hydrogen-bond acceptors (Lipinski definition) is 2. The summed E-state index contributed by atoms with van der Waals surface area (Å²) >= 11 is 0. The van der Waals surface area contributed by atoms with E-state index in [1.54, 1.807) is 25.1 Å². The first-order valence-electron chi connectivity index (χ1n) is 5.28. The van der Waals surface area contributed by atoms with Gasteiger partial charge in [0.1, 0.15) is 0 Å². The Morgan fingerprint density at radius 2 is 1.88 bits per heavy atom. The van der Waals surface area contributed by atoms with Crippen molar-refractivity contribution in [2.24, 2.45) is 0 Å². The predicted molar refractivity (Wildman–Crippen MR) is 56.6 cm³/mol. The predicted octanol–water partition coefficient (Wildman–Crippen LogP) is 3.57. The van der Waals surface area contributed by atoms with E-state index in [-0.39, 0.29) is 12.0 Å². The van der Waals surface area contributed by atoms with Gasteiger partial charge in [-0.1, -0.05) is 31.5 Å². The van der Waals surface area contributed by atoms with Gasteiger partial charge in [-0.3, -0.25) is 0 Å². The average molecular weight is 246 g/mol. The van der Waals surface area contributed by atoms with Gasteiger partial charge in [0.2, 0.25) is 0 Å². The van der Waals surface area contributed by atoms with Gasteiger partial charge < -0.3 is 4.74 Å². The molecule has 0 spiro atoms. The highest BCUT2D eigenvalue weighted by molar-refractivity contribution is 5.89. The van der Waals surface area contributed by atoms with Crippen LogP contribution in [-0.2, 0) is 4.74 Å². The molecule has 2 nitrogen and oxygen atoms in total. The van der Waals surface area contributed by atoms with Crippen molar-refractivity contribution in [3.63, 3.8) is 0 Å². The molecule has 0 radical (unpaired) electrons. The zero-order chi connectivity index (χ0) is 12.9. The molecule has 1 atom stereocenters. The number of halogens is 3. The molecular weight excluding hydrogens is 233 g/mol. The van der Waals surface area contributed by atoms with Gasteiger partial charge in [-0.05, 0) is 18.6 Å². The third-order valence-electron chi connectivity index (χ3n) is 2.17. The van der Waals surface area contributed by atoms with Gasteiger partial charge >= 0.3 is 12.1 Å². The van der Waals surface area contributed by atoms with Crippen LogP contribution in [0.25, 0.3) is 0 Å². The molecule has 1 unspecified atom stereocenters. The molecule has 1 aromatic carbocycles. The number of esters is 1. The molecule has 0 fully saturated rings. The number of hydrogen-bond donors (Lipinski definition) is 0. The lowest BCUT2D eigenvalue weighted by atomic mass is 10.2. The third kappa shape index (κ3) is 4.09. The maximum absolute atomic E-state index is 12.5. The largest absolute Gasteiger partial charge is 0.449 e. The molecule has 0 aliphatic heterocycles. The molecule has 17 heavy (non-hydrogen) atoms. The molecule has 0 heterocycles. The summed E-state index contributed by atoms with van der Waals surface area (Å²) in [7, 11) is 0. The van der Waals surface area contributed by atoms with Crippen LogP contribution >= 0.6 is 0 Å². The van der Waals surface area contributed by atoms with Gasteiger partial charge in [0.05, 0.1) is 5.56 Å². The first kappa shape index (κ1) is 13.5. The van der Waals surface area contributed by atoms with Crippen molar-refractivity contribution in [1.29, 1.82) is 0 Å². The fraction of sp³-hybridized carbons (Fsp3) is 0.417. The van der Waals surface area contributed by atoms with Crippen LogP contribution in [0.2, 0.25) is 0 Å². The minimum Gasteiger partial charge on any atom is -0.449 e. The van der Waals surface area contributed by atoms with Gasteiger partial charge in [-0.15, -0.1) is 0 Å². The average Bonchev–Trinajstić information content (AvgIpc) is 2.28. The zero-order valence-corrected chi connectivity index (χ0v) is 9.33. The molecule has 0 amide bonds. The van der Waals surface area contributed by atoms with E-state index in [1.807, 2.05) is 0 Å². The number of carbonyl (C=O) groups is 1. The Labute approximate surface area is 97.4 Å². The Kier molecular flexibility index (Phi) is 4.54. The van der Waals surface area contributed by atoms with Crippen LogP contribution in [0.5, 0.6) is 0 Å². The normalized spacial score (nSPS) is 13.2. The summed E-state index contributed by atoms with van der Waals surface area (Å²) < 4.78 is 42.0. The maximum Gasteiger partial charge on any atom is 0.425 e. The number of benzene rings is 1. The second kappa shape index (κ2) is 5.70. The molecule has 1 aromatic rings. The SMILES string of the molecule is CCCC(OC(=O)c1ccccc1)C(F)(F)F. The van der Waals surface area contributed by atoms with E-state index >= 15 is 0 Å². The highest BCUT2D eigenvalue weighted by Crippen LogP contribution is 2.27. The minimum atomic E-state index is -4.51. The topological polar surface area (TPSA) is 26.3 Å². The fourth-order valence-electron chi connectivity index (χ4n) is 1.32. The van der Waals surface area contributed by atoms with Crippen LogP contribution < -0.4 is 0 Å². The second-order valence-electron chi connectivity index (χ2n) is 3.59. The highest BCUT2D eigenvalue weighted by atomic mass is 19.4. The second-order valence-corrected chi connectivity index (χ2v) is 3.59. The quantitative estimate of drug-likeness (QED) is 0.759. The summed E-state index contributed by atoms with van der Waals surface area (Å²) in [6.07, 6.45) is -6.46. The monoisotopic (exact) mass is 246 g/mol. The van der Waals surface area contributed by atoms with E-state index < -0.39 is 18.2 Å². The summed E-state index contributed by atoms with van der Waals surface area (Å²) in [5, 5.41) is 0. The van der Waals surface area contributed by atoms with Crippen LogP contribution in [0.15, 0.2) is 30.3 Å². The van der Waals surface area contributed by atoms with Gasteiger partial charge in [0, 0.05) is 0 Å². The molecular formula is C12H13F3O2. The van der Waals surface area contributed by atoms with Gasteiger partial charge in [0.25, 0.3) is 0 Å². The molecule has 0 N–H and O–H groups in total. The maximum atomic E-state index is 12.5. The Morgan fingerprint density at radius 3 is 2.35 bits per heavy atom. The minimum absolute atomic E-state index is 0.123. The molecule has 94 valence electrons. The summed E-state index contributed by atoms with van der Waals surface area (Å²) in [5.41, 5.74) is 0.123. The van der Waals surface area contributed by atoms with Crippen molar-refractivity contribution in [2.45, 2.75) is 32.0 Å². The Hall–Kier alpha value is -1.52. The van der Waals surface area contributed by atoms with Crippen LogP contribution in [0.3, 0.4) is 0 Å². The Morgan fingerprint density at radius 1 is 1.29 bits per heavy atom. The lowest BCUT2D eigenvalue weighted by molar-refractivity contribution is -0.206. The van der Waals surface area contributed by atoms with E-state index in [1.165, 1.54) is 12.1 Å². The Balaban J connectivity index is 2.71. The smallest absolute Gasteiger partial charge is 0.425 e. The summed E-state index contributed by atoms with van der Waals surface area (Å²) in [5.74, 6) is -0.943. The van der Waals surface area contributed by atoms with Gasteiger partial charge in [0.15, 0.2) is 6.10 Å². The van der Waals surface area contributed by atoms with E-state index in [4.69, 9.17) is 0 Å². The number of carbonyl (C=O) groups excluding carboxylic acids is 1. The summed E-state index contributed by atoms with van der Waals surface area (Å²) in [4.78, 5) is 11.5. The molecule has 0 aliphatic rings. The van der Waals surface area contributed by atoms with Crippen LogP contribution in [-0.4, -0.2) is 18.2 Å². The lowest BCUT2D eigenvalue weighted by Gasteiger charge is -2.20. The third-order valence-corrected chi connectivity index (χ3v) is 2.17. The number of ether oxygens (including phenoxy) is 1. The first-order valence-corrected chi connectivity index (χ1v) is 5.28. The van der Waals surface area contributed by atoms with Crippen molar-refractivity contribution in [3.05, 3.63) is 35.9 Å². The lowest BCUT2D eigenvalue weighted by Crippen LogP contribution is -2.33. The zero-order valence-electron chi connectivity index (χ0n) is 9.33. The molecule has 0 saturated heterocycles. The van der Waals surface area contributed by atoms with Crippen molar-refractivity contribution < 1.29 is 22.7 Å². The number of alkyl halides is 3. The van der Waals surface area contributed by atoms with E-state index in [2.05, 4.69) is 4.74 Å². The van der Waals surface area contributed by atoms with E-state index in [0.717, 1.165) is 0 Å². The summed E-state index contributed by atoms with van der Waals surface area (Å²) in [6, 6.07) is 7.64. The molecule has 1 rings (SSSR count). The first-order chi connectivity index (χ1) is 7.95. The Bertz CT molecular complexity index is 360. The standard InChI is InChI=1S/C12H13F3O2/c1-2-6-10(12(13,14)15)17-11(16)9-7-4-3-5-8-9/h3-5,7-8,10H,2,6H2,1H3. The van der Waals surface area contributed by atoms with E-state index in [9.17, 15) is 18.0 Å². The van der Waals surface area contributed by atoms with Crippen molar-refractivity contribution in [3.8, 4) is 0 Å². The molecule has 0 saturated carbocycles. The van der Waals surface area contributed by atoms with E-state index in [0.29, 0.717) is 6.42 Å². The van der Waals surface area contributed by atoms with Gasteiger partial charge in [-0.2, -0.15) is 13.2 Å². The van der Waals surface area contributed by atoms with Crippen molar-refractivity contribution >= 4 is 5.97 Å². The van der Waals surface area contributed by atoms with Crippen LogP contribution in [0.4, 0.5) is 13.2 Å². The van der Waals surface area contributed by atoms with Gasteiger partial charge in [-0.25, -0.2) is 4.79 Å². The van der Waals surface area contributed by atoms with Crippen molar-refractivity contribution in [2.75, 3.05) is 0 Å².